The zero-order chi connectivity index (χ0) is 20.8. The number of halogens is 1. The second-order valence-electron chi connectivity index (χ2n) is 7.80. The molecule has 4 rings (SSSR count). The van der Waals surface area contributed by atoms with Crippen LogP contribution in [0.2, 0.25) is 0 Å². The van der Waals surface area contributed by atoms with Crippen molar-refractivity contribution in [3.63, 3.8) is 0 Å². The molecule has 3 heterocycles. The van der Waals surface area contributed by atoms with E-state index in [1.54, 1.807) is 0 Å². The van der Waals surface area contributed by atoms with Gasteiger partial charge in [-0.05, 0) is 37.5 Å². The Bertz CT molecular complexity index is 863. The molecule has 0 saturated carbocycles. The van der Waals surface area contributed by atoms with E-state index in [-0.39, 0.29) is 24.0 Å². The van der Waals surface area contributed by atoms with Crippen molar-refractivity contribution in [1.82, 2.24) is 24.7 Å². The zero-order valence-electron chi connectivity index (χ0n) is 18.4. The Morgan fingerprint density at radius 2 is 1.94 bits per heavy atom. The third-order valence-corrected chi connectivity index (χ3v) is 5.76. The van der Waals surface area contributed by atoms with Crippen LogP contribution in [0.5, 0.6) is 11.5 Å². The van der Waals surface area contributed by atoms with Gasteiger partial charge in [-0.1, -0.05) is 6.07 Å². The van der Waals surface area contributed by atoms with Crippen molar-refractivity contribution >= 4 is 29.9 Å². The molecule has 2 aromatic rings. The Hall–Kier alpha value is -2.01. The molecular formula is C22H33IN6O2. The lowest BCUT2D eigenvalue weighted by Gasteiger charge is -2.36. The van der Waals surface area contributed by atoms with Crippen LogP contribution < -0.4 is 14.8 Å². The highest BCUT2D eigenvalue weighted by Crippen LogP contribution is 2.32. The molecule has 170 valence electrons. The van der Waals surface area contributed by atoms with Gasteiger partial charge in [-0.2, -0.15) is 0 Å². The summed E-state index contributed by atoms with van der Waals surface area (Å²) in [5, 5.41) is 3.53. The zero-order valence-corrected chi connectivity index (χ0v) is 20.7. The molecule has 0 unspecified atom stereocenters. The Balaban J connectivity index is 0.00000272. The first-order valence-electron chi connectivity index (χ1n) is 10.8. The molecule has 1 N–H and O–H groups in total. The maximum atomic E-state index is 5.50. The van der Waals surface area contributed by atoms with E-state index < -0.39 is 0 Å². The van der Waals surface area contributed by atoms with Crippen molar-refractivity contribution in [1.29, 1.82) is 0 Å². The monoisotopic (exact) mass is 540 g/mol. The van der Waals surface area contributed by atoms with Crippen LogP contribution in [0, 0.1) is 6.92 Å². The van der Waals surface area contributed by atoms with Crippen LogP contribution in [0.3, 0.4) is 0 Å². The number of aliphatic imine (C=N–C) groups is 1. The van der Waals surface area contributed by atoms with Gasteiger partial charge in [0.2, 0.25) is 6.79 Å². The van der Waals surface area contributed by atoms with E-state index in [9.17, 15) is 0 Å². The molecule has 8 nitrogen and oxygen atoms in total. The fourth-order valence-corrected chi connectivity index (χ4v) is 3.99. The molecule has 9 heteroatoms. The Labute approximate surface area is 201 Å². The van der Waals surface area contributed by atoms with E-state index in [1.165, 1.54) is 5.56 Å². The largest absolute Gasteiger partial charge is 0.454 e. The molecule has 1 aromatic heterocycles. The summed E-state index contributed by atoms with van der Waals surface area (Å²) >= 11 is 0. The molecular weight excluding hydrogens is 507 g/mol. The summed E-state index contributed by atoms with van der Waals surface area (Å²) in [6.45, 7) is 9.28. The van der Waals surface area contributed by atoms with Gasteiger partial charge < -0.3 is 24.3 Å². The number of nitrogens with one attached hydrogen (secondary N) is 1. The summed E-state index contributed by atoms with van der Waals surface area (Å²) in [5.74, 6) is 3.80. The lowest BCUT2D eigenvalue weighted by atomic mass is 10.1. The lowest BCUT2D eigenvalue weighted by Crippen LogP contribution is -2.52. The molecule has 2 aliphatic heterocycles. The first-order valence-corrected chi connectivity index (χ1v) is 10.8. The number of hydrogen-bond donors (Lipinski definition) is 1. The predicted octanol–water partition coefficient (Wildman–Crippen LogP) is 2.71. The molecule has 31 heavy (non-hydrogen) atoms. The topological polar surface area (TPSA) is 67.2 Å². The molecule has 0 aliphatic carbocycles. The molecule has 1 saturated heterocycles. The smallest absolute Gasteiger partial charge is 0.231 e. The molecule has 0 atom stereocenters. The number of nitrogens with zero attached hydrogens (tertiary/aromatic N) is 5. The van der Waals surface area contributed by atoms with E-state index in [2.05, 4.69) is 41.8 Å². The van der Waals surface area contributed by atoms with Gasteiger partial charge in [-0.15, -0.1) is 24.0 Å². The van der Waals surface area contributed by atoms with Crippen LogP contribution in [0.15, 0.2) is 35.6 Å². The Morgan fingerprint density at radius 3 is 2.68 bits per heavy atom. The van der Waals surface area contributed by atoms with Gasteiger partial charge in [0.15, 0.2) is 17.5 Å². The van der Waals surface area contributed by atoms with Gasteiger partial charge in [0, 0.05) is 65.3 Å². The fourth-order valence-electron chi connectivity index (χ4n) is 3.99. The highest BCUT2D eigenvalue weighted by molar-refractivity contribution is 14.0. The third-order valence-electron chi connectivity index (χ3n) is 5.76. The number of piperazine rings is 1. The second-order valence-corrected chi connectivity index (χ2v) is 7.80. The average Bonchev–Trinajstić information content (AvgIpc) is 3.40. The summed E-state index contributed by atoms with van der Waals surface area (Å²) in [4.78, 5) is 13.6. The maximum Gasteiger partial charge on any atom is 0.231 e. The third kappa shape index (κ3) is 6.25. The van der Waals surface area contributed by atoms with E-state index in [0.29, 0.717) is 6.79 Å². The number of hydrogen-bond acceptors (Lipinski definition) is 5. The maximum absolute atomic E-state index is 5.50. The minimum absolute atomic E-state index is 0. The summed E-state index contributed by atoms with van der Waals surface area (Å²) < 4.78 is 13.1. The van der Waals surface area contributed by atoms with Crippen molar-refractivity contribution in [3.05, 3.63) is 42.0 Å². The minimum atomic E-state index is 0. The molecule has 0 radical (unpaired) electrons. The first kappa shape index (κ1) is 23.6. The van der Waals surface area contributed by atoms with Crippen LogP contribution in [0.1, 0.15) is 24.2 Å². The number of unbranched alkanes of at least 4 members (excludes halogenated alkanes) is 1. The second kappa shape index (κ2) is 11.6. The minimum Gasteiger partial charge on any atom is -0.454 e. The lowest BCUT2D eigenvalue weighted by molar-refractivity contribution is 0.171. The van der Waals surface area contributed by atoms with Crippen LogP contribution in [-0.2, 0) is 13.1 Å². The summed E-state index contributed by atoms with van der Waals surface area (Å²) in [7, 11) is 1.87. The van der Waals surface area contributed by atoms with E-state index in [1.807, 2.05) is 32.4 Å². The van der Waals surface area contributed by atoms with Gasteiger partial charge in [-0.25, -0.2) is 4.98 Å². The Kier molecular flexibility index (Phi) is 8.82. The van der Waals surface area contributed by atoms with E-state index >= 15 is 0 Å². The standard InChI is InChI=1S/C22H32N6O2.HI/c1-18-24-8-10-27(18)9-4-3-7-25-22(23-2)28-13-11-26(12-14-28)16-19-5-6-20-21(15-19)30-17-29-20;/h5-6,8,10,15H,3-4,7,9,11-14,16-17H2,1-2H3,(H,23,25);1H. The van der Waals surface area contributed by atoms with E-state index in [0.717, 1.165) is 81.9 Å². The van der Waals surface area contributed by atoms with Crippen molar-refractivity contribution in [2.45, 2.75) is 32.9 Å². The average molecular weight is 540 g/mol. The van der Waals surface area contributed by atoms with Crippen LogP contribution >= 0.6 is 24.0 Å². The molecule has 0 amide bonds. The number of ether oxygens (including phenoxy) is 2. The summed E-state index contributed by atoms with van der Waals surface area (Å²) in [5.41, 5.74) is 1.27. The number of imidazole rings is 1. The number of benzene rings is 1. The number of aromatic nitrogens is 2. The van der Waals surface area contributed by atoms with Crippen molar-refractivity contribution < 1.29 is 9.47 Å². The number of guanidine groups is 1. The molecule has 0 bridgehead atoms. The highest BCUT2D eigenvalue weighted by Gasteiger charge is 2.20. The van der Waals surface area contributed by atoms with Crippen LogP contribution in [0.25, 0.3) is 0 Å². The van der Waals surface area contributed by atoms with Gasteiger partial charge >= 0.3 is 0 Å². The molecule has 1 aromatic carbocycles. The fraction of sp³-hybridized carbons (Fsp3) is 0.545. The summed E-state index contributed by atoms with van der Waals surface area (Å²) in [6.07, 6.45) is 6.15. The number of aryl methyl sites for hydroxylation is 2. The van der Waals surface area contributed by atoms with E-state index in [4.69, 9.17) is 9.47 Å². The SMILES string of the molecule is CN=C(NCCCCn1ccnc1C)N1CCN(Cc2ccc3c(c2)OCO3)CC1.I. The van der Waals surface area contributed by atoms with Crippen LogP contribution in [0.4, 0.5) is 0 Å². The normalized spacial score (nSPS) is 16.3. The van der Waals surface area contributed by atoms with Crippen molar-refractivity contribution in [3.8, 4) is 11.5 Å². The van der Waals surface area contributed by atoms with Gasteiger partial charge in [0.25, 0.3) is 0 Å². The van der Waals surface area contributed by atoms with Crippen molar-refractivity contribution in [2.75, 3.05) is 46.6 Å². The quantitative estimate of drug-likeness (QED) is 0.252. The number of rotatable bonds is 7. The Morgan fingerprint density at radius 1 is 1.13 bits per heavy atom. The number of fused-ring (bicyclic) bond motifs is 1. The predicted molar refractivity (Wildman–Crippen MR) is 132 cm³/mol. The van der Waals surface area contributed by atoms with Gasteiger partial charge in [-0.3, -0.25) is 9.89 Å². The summed E-state index contributed by atoms with van der Waals surface area (Å²) in [6, 6.07) is 6.24. The van der Waals surface area contributed by atoms with Gasteiger partial charge in [0.1, 0.15) is 5.82 Å². The first-order chi connectivity index (χ1) is 14.7. The molecule has 2 aliphatic rings. The van der Waals surface area contributed by atoms with Crippen molar-refractivity contribution in [2.24, 2.45) is 4.99 Å². The molecule has 1 fully saturated rings. The molecule has 0 spiro atoms. The highest BCUT2D eigenvalue weighted by atomic mass is 127. The van der Waals surface area contributed by atoms with Crippen LogP contribution in [-0.4, -0.2) is 71.9 Å². The van der Waals surface area contributed by atoms with Gasteiger partial charge in [0.05, 0.1) is 0 Å².